The van der Waals surface area contributed by atoms with Crippen LogP contribution in [-0.2, 0) is 21.7 Å². The van der Waals surface area contributed by atoms with E-state index in [1.807, 2.05) is 35.2 Å². The summed E-state index contributed by atoms with van der Waals surface area (Å²) in [7, 11) is 0. The zero-order chi connectivity index (χ0) is 32.4. The molecule has 2 aliphatic rings. The molecule has 1 saturated heterocycles. The summed E-state index contributed by atoms with van der Waals surface area (Å²) in [4.78, 5) is 41.9. The molecular weight excluding hydrogens is 577 g/mol. The van der Waals surface area contributed by atoms with Crippen molar-refractivity contribution in [3.63, 3.8) is 0 Å². The molecule has 0 spiro atoms. The average Bonchev–Trinajstić information content (AvgIpc) is 3.26. The Morgan fingerprint density at radius 3 is 2.60 bits per heavy atom. The van der Waals surface area contributed by atoms with Gasteiger partial charge in [-0.2, -0.15) is 0 Å². The molecule has 1 N–H and O–H groups in total. The number of rotatable bonds is 9. The first-order valence-electron chi connectivity index (χ1n) is 15.3. The molecule has 0 aromatic heterocycles. The summed E-state index contributed by atoms with van der Waals surface area (Å²) in [6.07, 6.45) is 1.30. The van der Waals surface area contributed by atoms with Gasteiger partial charge in [-0.25, -0.2) is 9.18 Å². The van der Waals surface area contributed by atoms with E-state index in [-0.39, 0.29) is 24.2 Å². The number of anilines is 2. The molecule has 3 aromatic carbocycles. The van der Waals surface area contributed by atoms with Crippen LogP contribution in [0.1, 0.15) is 68.9 Å². The van der Waals surface area contributed by atoms with Crippen LogP contribution in [0.25, 0.3) is 0 Å². The molecule has 2 atom stereocenters. The Labute approximate surface area is 263 Å². The molecule has 1 unspecified atom stereocenters. The van der Waals surface area contributed by atoms with Gasteiger partial charge in [0.1, 0.15) is 41.2 Å². The van der Waals surface area contributed by atoms with Gasteiger partial charge in [0.05, 0.1) is 16.9 Å². The molecule has 0 bridgehead atoms. The summed E-state index contributed by atoms with van der Waals surface area (Å²) in [5.41, 5.74) is 0.506. The van der Waals surface area contributed by atoms with Crippen molar-refractivity contribution in [1.82, 2.24) is 4.90 Å². The Kier molecular flexibility index (Phi) is 9.16. The molecule has 2 heterocycles. The minimum atomic E-state index is -1.20. The number of aldehydes is 1. The van der Waals surface area contributed by atoms with Crippen LogP contribution in [0.3, 0.4) is 0 Å². The molecule has 45 heavy (non-hydrogen) atoms. The predicted molar refractivity (Wildman–Crippen MR) is 169 cm³/mol. The normalized spacial score (nSPS) is 19.8. The topological polar surface area (TPSA) is 97.4 Å². The second kappa shape index (κ2) is 12.9. The van der Waals surface area contributed by atoms with Crippen LogP contribution in [0.4, 0.5) is 20.6 Å². The van der Waals surface area contributed by atoms with Gasteiger partial charge in [-0.3, -0.25) is 19.4 Å². The van der Waals surface area contributed by atoms with Gasteiger partial charge >= 0.3 is 6.09 Å². The molecule has 10 heteroatoms. The molecule has 0 aliphatic carbocycles. The monoisotopic (exact) mass is 617 g/mol. The van der Waals surface area contributed by atoms with Gasteiger partial charge in [-0.15, -0.1) is 0 Å². The molecule has 2 amide bonds. The molecule has 3 aromatic rings. The second-order valence-corrected chi connectivity index (χ2v) is 12.5. The summed E-state index contributed by atoms with van der Waals surface area (Å²) in [6, 6.07) is 17.4. The number of hydrogen-bond donors (Lipinski definition) is 1. The third kappa shape index (κ3) is 6.81. The molecule has 0 radical (unpaired) electrons. The third-order valence-corrected chi connectivity index (χ3v) is 8.17. The van der Waals surface area contributed by atoms with E-state index >= 15 is 4.39 Å². The van der Waals surface area contributed by atoms with Crippen LogP contribution in [-0.4, -0.2) is 54.5 Å². The molecule has 1 fully saturated rings. The fraction of sp³-hybridized carbons (Fsp3) is 0.400. The Morgan fingerprint density at radius 1 is 1.16 bits per heavy atom. The number of nitrogens with zero attached hydrogens (tertiary/aromatic N) is 2. The zero-order valence-corrected chi connectivity index (χ0v) is 26.4. The van der Waals surface area contributed by atoms with Gasteiger partial charge in [0, 0.05) is 18.7 Å². The van der Waals surface area contributed by atoms with Crippen LogP contribution in [0.15, 0.2) is 60.7 Å². The standard InChI is InChI=1S/C35H40FN3O6/c1-6-39(33(42)45-34(2,3)4)29-19-25(36)18-28-31(29)37-32(41)35(28,5)38-16-10-13-27(20-38)44-26-14-15-30(24(17-26)21-40)43-22-23-11-8-7-9-12-23/h7-9,11-12,14-15,17-19,21,27H,6,10,13,16,20,22H2,1-5H3,(H,37,41)/t27-,35?/m1/s1. The highest BCUT2D eigenvalue weighted by Gasteiger charge is 2.50. The van der Waals surface area contributed by atoms with Crippen molar-refractivity contribution in [2.75, 3.05) is 29.9 Å². The van der Waals surface area contributed by atoms with Gasteiger partial charge in [0.2, 0.25) is 5.91 Å². The van der Waals surface area contributed by atoms with E-state index in [9.17, 15) is 14.4 Å². The fourth-order valence-corrected chi connectivity index (χ4v) is 5.90. The summed E-state index contributed by atoms with van der Waals surface area (Å²) in [5.74, 6) is 0.105. The number of amides is 2. The van der Waals surface area contributed by atoms with E-state index < -0.39 is 23.1 Å². The molecule has 238 valence electrons. The van der Waals surface area contributed by atoms with E-state index in [0.29, 0.717) is 48.0 Å². The number of carbonyl (C=O) groups excluding carboxylic acids is 3. The van der Waals surface area contributed by atoms with Crippen LogP contribution < -0.4 is 19.7 Å². The summed E-state index contributed by atoms with van der Waals surface area (Å²) in [6.45, 7) is 10.3. The lowest BCUT2D eigenvalue weighted by Crippen LogP contribution is -2.54. The van der Waals surface area contributed by atoms with Gasteiger partial charge in [0.15, 0.2) is 6.29 Å². The largest absolute Gasteiger partial charge is 0.489 e. The third-order valence-electron chi connectivity index (χ3n) is 8.17. The maximum Gasteiger partial charge on any atom is 0.414 e. The minimum Gasteiger partial charge on any atom is -0.489 e. The average molecular weight is 618 g/mol. The highest BCUT2D eigenvalue weighted by Crippen LogP contribution is 2.47. The fourth-order valence-electron chi connectivity index (χ4n) is 5.90. The summed E-state index contributed by atoms with van der Waals surface area (Å²) < 4.78 is 32.9. The van der Waals surface area contributed by atoms with Gasteiger partial charge in [-0.1, -0.05) is 30.3 Å². The summed E-state index contributed by atoms with van der Waals surface area (Å²) >= 11 is 0. The van der Waals surface area contributed by atoms with Crippen molar-refractivity contribution in [1.29, 1.82) is 0 Å². The number of halogens is 1. The number of fused-ring (bicyclic) bond motifs is 1. The van der Waals surface area contributed by atoms with E-state index in [4.69, 9.17) is 14.2 Å². The number of nitrogens with one attached hydrogen (secondary N) is 1. The van der Waals surface area contributed by atoms with E-state index in [1.54, 1.807) is 52.8 Å². The molecule has 5 rings (SSSR count). The lowest BCUT2D eigenvalue weighted by atomic mass is 9.88. The zero-order valence-electron chi connectivity index (χ0n) is 26.4. The van der Waals surface area contributed by atoms with Gasteiger partial charge in [-0.05, 0) is 89.9 Å². The van der Waals surface area contributed by atoms with Crippen LogP contribution in [0, 0.1) is 5.82 Å². The van der Waals surface area contributed by atoms with Crippen molar-refractivity contribution < 1.29 is 33.0 Å². The van der Waals surface area contributed by atoms with Crippen LogP contribution in [0.5, 0.6) is 11.5 Å². The van der Waals surface area contributed by atoms with Crippen molar-refractivity contribution in [3.05, 3.63) is 83.2 Å². The number of carbonyl (C=O) groups is 3. The summed E-state index contributed by atoms with van der Waals surface area (Å²) in [5, 5.41) is 2.93. The van der Waals surface area contributed by atoms with Crippen LogP contribution >= 0.6 is 0 Å². The van der Waals surface area contributed by atoms with Crippen molar-refractivity contribution in [2.45, 2.75) is 71.3 Å². The number of likely N-dealkylation sites (tertiary alicyclic amines) is 1. The SMILES string of the molecule is CCN(C(=O)OC(C)(C)C)c1cc(F)cc2c1NC(=O)C2(C)N1CCC[C@@H](Oc2ccc(OCc3ccccc3)c(C=O)c2)C1. The lowest BCUT2D eigenvalue weighted by Gasteiger charge is -2.42. The Hall–Kier alpha value is -4.44. The van der Waals surface area contributed by atoms with E-state index in [1.165, 1.54) is 17.0 Å². The number of piperidine rings is 1. The maximum absolute atomic E-state index is 15.2. The van der Waals surface area contributed by atoms with Crippen LogP contribution in [0.2, 0.25) is 0 Å². The van der Waals surface area contributed by atoms with Crippen molar-refractivity contribution in [3.8, 4) is 11.5 Å². The molecule has 9 nitrogen and oxygen atoms in total. The Bertz CT molecular complexity index is 1570. The first-order chi connectivity index (χ1) is 21.4. The molecular formula is C35H40FN3O6. The Morgan fingerprint density at radius 2 is 1.91 bits per heavy atom. The second-order valence-electron chi connectivity index (χ2n) is 12.5. The van der Waals surface area contributed by atoms with Crippen molar-refractivity contribution >= 4 is 29.7 Å². The first-order valence-corrected chi connectivity index (χ1v) is 15.3. The number of benzene rings is 3. The van der Waals surface area contributed by atoms with E-state index in [0.717, 1.165) is 24.7 Å². The minimum absolute atomic E-state index is 0.218. The van der Waals surface area contributed by atoms with Gasteiger partial charge in [0.25, 0.3) is 0 Å². The quantitative estimate of drug-likeness (QED) is 0.267. The smallest absolute Gasteiger partial charge is 0.414 e. The molecule has 2 aliphatic heterocycles. The highest BCUT2D eigenvalue weighted by atomic mass is 19.1. The van der Waals surface area contributed by atoms with Crippen molar-refractivity contribution in [2.24, 2.45) is 0 Å². The Balaban J connectivity index is 1.35. The predicted octanol–water partition coefficient (Wildman–Crippen LogP) is 6.69. The first kappa shape index (κ1) is 32.0. The highest BCUT2D eigenvalue weighted by molar-refractivity contribution is 6.10. The number of hydrogen-bond acceptors (Lipinski definition) is 7. The van der Waals surface area contributed by atoms with Gasteiger partial charge < -0.3 is 19.5 Å². The lowest BCUT2D eigenvalue weighted by molar-refractivity contribution is -0.128. The molecule has 0 saturated carbocycles. The maximum atomic E-state index is 15.2. The van der Waals surface area contributed by atoms with E-state index in [2.05, 4.69) is 5.32 Å². The number of ether oxygens (including phenoxy) is 3.